The summed E-state index contributed by atoms with van der Waals surface area (Å²) in [5, 5.41) is 0. The maximum atomic E-state index is 5.96. The Morgan fingerprint density at radius 1 is 1.26 bits per heavy atom. The van der Waals surface area contributed by atoms with Gasteiger partial charge in [-0.2, -0.15) is 0 Å². The molecule has 0 fully saturated rings. The van der Waals surface area contributed by atoms with Crippen molar-refractivity contribution in [1.29, 1.82) is 0 Å². The van der Waals surface area contributed by atoms with Crippen LogP contribution in [0.25, 0.3) is 0 Å². The van der Waals surface area contributed by atoms with Crippen LogP contribution in [0.15, 0.2) is 46.9 Å². The summed E-state index contributed by atoms with van der Waals surface area (Å²) in [4.78, 5) is 2.46. The molecule has 2 aromatic carbocycles. The Morgan fingerprint density at radius 2 is 2.05 bits per heavy atom. The van der Waals surface area contributed by atoms with Crippen molar-refractivity contribution in [3.05, 3.63) is 58.1 Å². The minimum Gasteiger partial charge on any atom is -0.398 e. The van der Waals surface area contributed by atoms with E-state index >= 15 is 0 Å². The molecule has 1 atom stereocenters. The molecule has 2 nitrogen and oxygen atoms in total. The van der Waals surface area contributed by atoms with E-state index in [1.165, 1.54) is 16.8 Å². The number of para-hydroxylation sites is 1. The standard InChI is InChI=1S/C16H17BrN2/c1-11-8-13-4-2-3-5-16(13)19(11)10-12-6-7-14(17)15(18)9-12/h2-7,9,11H,8,10,18H2,1H3. The molecule has 1 unspecified atom stereocenters. The number of anilines is 2. The van der Waals surface area contributed by atoms with E-state index < -0.39 is 0 Å². The Balaban J connectivity index is 1.89. The number of benzene rings is 2. The lowest BCUT2D eigenvalue weighted by Gasteiger charge is -2.25. The van der Waals surface area contributed by atoms with Crippen molar-refractivity contribution < 1.29 is 0 Å². The third-order valence-corrected chi connectivity index (χ3v) is 4.48. The highest BCUT2D eigenvalue weighted by Gasteiger charge is 2.25. The van der Waals surface area contributed by atoms with E-state index in [0.29, 0.717) is 6.04 Å². The Labute approximate surface area is 122 Å². The zero-order valence-corrected chi connectivity index (χ0v) is 12.5. The molecule has 0 aromatic heterocycles. The number of hydrogen-bond acceptors (Lipinski definition) is 2. The van der Waals surface area contributed by atoms with E-state index in [-0.39, 0.29) is 0 Å². The number of nitrogen functional groups attached to an aromatic ring is 1. The normalized spacial score (nSPS) is 17.6. The molecule has 3 heteroatoms. The quantitative estimate of drug-likeness (QED) is 0.849. The molecule has 1 aliphatic heterocycles. The third-order valence-electron chi connectivity index (χ3n) is 3.76. The molecular formula is C16H17BrN2. The molecule has 98 valence electrons. The van der Waals surface area contributed by atoms with Crippen molar-refractivity contribution in [2.24, 2.45) is 0 Å². The predicted octanol–water partition coefficient (Wildman–Crippen LogP) is 3.98. The van der Waals surface area contributed by atoms with Gasteiger partial charge < -0.3 is 10.6 Å². The van der Waals surface area contributed by atoms with Crippen molar-refractivity contribution in [2.45, 2.75) is 25.9 Å². The summed E-state index contributed by atoms with van der Waals surface area (Å²) in [5.74, 6) is 0. The molecule has 0 amide bonds. The van der Waals surface area contributed by atoms with E-state index in [2.05, 4.69) is 64.2 Å². The van der Waals surface area contributed by atoms with Crippen LogP contribution < -0.4 is 10.6 Å². The average molecular weight is 317 g/mol. The van der Waals surface area contributed by atoms with Crippen molar-refractivity contribution in [2.75, 3.05) is 10.6 Å². The first-order chi connectivity index (χ1) is 9.15. The predicted molar refractivity (Wildman–Crippen MR) is 84.3 cm³/mol. The lowest BCUT2D eigenvalue weighted by Crippen LogP contribution is -2.28. The summed E-state index contributed by atoms with van der Waals surface area (Å²) in [7, 11) is 0. The van der Waals surface area contributed by atoms with Gasteiger partial charge in [0.05, 0.1) is 0 Å². The summed E-state index contributed by atoms with van der Waals surface area (Å²) < 4.78 is 0.964. The van der Waals surface area contributed by atoms with E-state index in [9.17, 15) is 0 Å². The van der Waals surface area contributed by atoms with Crippen molar-refractivity contribution >= 4 is 27.3 Å². The summed E-state index contributed by atoms with van der Waals surface area (Å²) in [6.07, 6.45) is 1.13. The first-order valence-electron chi connectivity index (χ1n) is 6.53. The number of nitrogens with two attached hydrogens (primary N) is 1. The summed E-state index contributed by atoms with van der Waals surface area (Å²) in [6.45, 7) is 3.19. The van der Waals surface area contributed by atoms with Gasteiger partial charge in [-0.15, -0.1) is 0 Å². The number of nitrogens with zero attached hydrogens (tertiary/aromatic N) is 1. The van der Waals surface area contributed by atoms with Crippen LogP contribution in [-0.4, -0.2) is 6.04 Å². The van der Waals surface area contributed by atoms with Gasteiger partial charge in [-0.3, -0.25) is 0 Å². The van der Waals surface area contributed by atoms with Gasteiger partial charge in [0.1, 0.15) is 0 Å². The molecule has 19 heavy (non-hydrogen) atoms. The van der Waals surface area contributed by atoms with Gasteiger partial charge >= 0.3 is 0 Å². The van der Waals surface area contributed by atoms with E-state index in [0.717, 1.165) is 23.1 Å². The molecule has 1 aliphatic rings. The average Bonchev–Trinajstić information content (AvgIpc) is 2.71. The highest BCUT2D eigenvalue weighted by atomic mass is 79.9. The second kappa shape index (κ2) is 4.89. The fraction of sp³-hybridized carbons (Fsp3) is 0.250. The lowest BCUT2D eigenvalue weighted by atomic mass is 10.1. The lowest BCUT2D eigenvalue weighted by molar-refractivity contribution is 0.672. The van der Waals surface area contributed by atoms with Crippen molar-refractivity contribution in [3.8, 4) is 0 Å². The van der Waals surface area contributed by atoms with E-state index in [1.807, 2.05) is 6.07 Å². The summed E-state index contributed by atoms with van der Waals surface area (Å²) in [6, 6.07) is 15.4. The second-order valence-electron chi connectivity index (χ2n) is 5.17. The van der Waals surface area contributed by atoms with Gasteiger partial charge in [-0.1, -0.05) is 24.3 Å². The van der Waals surface area contributed by atoms with Gasteiger partial charge in [-0.05, 0) is 58.6 Å². The summed E-state index contributed by atoms with van der Waals surface area (Å²) >= 11 is 3.44. The van der Waals surface area contributed by atoms with Crippen LogP contribution in [0.5, 0.6) is 0 Å². The molecule has 0 radical (unpaired) electrons. The van der Waals surface area contributed by atoms with Gasteiger partial charge in [-0.25, -0.2) is 0 Å². The minimum absolute atomic E-state index is 0.544. The Kier molecular flexibility index (Phi) is 3.23. The molecule has 0 bridgehead atoms. The number of halogens is 1. The largest absolute Gasteiger partial charge is 0.398 e. The molecule has 0 saturated heterocycles. The molecular weight excluding hydrogens is 300 g/mol. The van der Waals surface area contributed by atoms with Crippen molar-refractivity contribution in [3.63, 3.8) is 0 Å². The molecule has 2 N–H and O–H groups in total. The maximum absolute atomic E-state index is 5.96. The van der Waals surface area contributed by atoms with Crippen LogP contribution in [0.3, 0.4) is 0 Å². The van der Waals surface area contributed by atoms with Crippen LogP contribution in [0.2, 0.25) is 0 Å². The van der Waals surface area contributed by atoms with Gasteiger partial charge in [0.15, 0.2) is 0 Å². The monoisotopic (exact) mass is 316 g/mol. The van der Waals surface area contributed by atoms with Crippen LogP contribution in [0, 0.1) is 0 Å². The number of hydrogen-bond donors (Lipinski definition) is 1. The first kappa shape index (κ1) is 12.5. The zero-order valence-electron chi connectivity index (χ0n) is 10.9. The van der Waals surface area contributed by atoms with Gasteiger partial charge in [0, 0.05) is 28.4 Å². The molecule has 3 rings (SSSR count). The van der Waals surface area contributed by atoms with Crippen LogP contribution in [0.1, 0.15) is 18.1 Å². The number of fused-ring (bicyclic) bond motifs is 1. The Morgan fingerprint density at radius 3 is 2.84 bits per heavy atom. The summed E-state index contributed by atoms with van der Waals surface area (Å²) in [5.41, 5.74) is 10.8. The van der Waals surface area contributed by atoms with Gasteiger partial charge in [0.25, 0.3) is 0 Å². The molecule has 1 heterocycles. The second-order valence-corrected chi connectivity index (χ2v) is 6.02. The first-order valence-corrected chi connectivity index (χ1v) is 7.33. The van der Waals surface area contributed by atoms with Crippen molar-refractivity contribution in [1.82, 2.24) is 0 Å². The van der Waals surface area contributed by atoms with Gasteiger partial charge in [0.2, 0.25) is 0 Å². The van der Waals surface area contributed by atoms with E-state index in [4.69, 9.17) is 5.73 Å². The smallest absolute Gasteiger partial charge is 0.0461 e. The Hall–Kier alpha value is -1.48. The SMILES string of the molecule is CC1Cc2ccccc2N1Cc1ccc(Br)c(N)c1. The molecule has 0 spiro atoms. The fourth-order valence-corrected chi connectivity index (χ4v) is 3.01. The van der Waals surface area contributed by atoms with E-state index in [1.54, 1.807) is 0 Å². The van der Waals surface area contributed by atoms with Crippen LogP contribution in [0.4, 0.5) is 11.4 Å². The maximum Gasteiger partial charge on any atom is 0.0461 e. The highest BCUT2D eigenvalue weighted by molar-refractivity contribution is 9.10. The fourth-order valence-electron chi connectivity index (χ4n) is 2.76. The molecule has 2 aromatic rings. The molecule has 0 aliphatic carbocycles. The highest BCUT2D eigenvalue weighted by Crippen LogP contribution is 2.33. The number of rotatable bonds is 2. The Bertz CT molecular complexity index is 609. The zero-order chi connectivity index (χ0) is 13.4. The third kappa shape index (κ3) is 2.35. The van der Waals surface area contributed by atoms with Crippen LogP contribution >= 0.6 is 15.9 Å². The topological polar surface area (TPSA) is 29.3 Å². The van der Waals surface area contributed by atoms with Crippen LogP contribution in [-0.2, 0) is 13.0 Å². The minimum atomic E-state index is 0.544. The molecule has 0 saturated carbocycles.